The number of nitrogens with zero attached hydrogens (tertiary/aromatic N) is 3. The van der Waals surface area contributed by atoms with Crippen LogP contribution in [0.5, 0.6) is 0 Å². The molecule has 0 atom stereocenters. The Balaban J connectivity index is 1.67. The van der Waals surface area contributed by atoms with Gasteiger partial charge in [-0.05, 0) is 24.1 Å². The first kappa shape index (κ1) is 15.2. The highest BCUT2D eigenvalue weighted by molar-refractivity contribution is 5.68. The summed E-state index contributed by atoms with van der Waals surface area (Å²) in [6.45, 7) is 2.06. The molecular formula is C22H17N3. The van der Waals surface area contributed by atoms with Crippen molar-refractivity contribution in [2.45, 2.75) is 6.92 Å². The fourth-order valence-corrected chi connectivity index (χ4v) is 2.80. The van der Waals surface area contributed by atoms with Crippen LogP contribution in [0.2, 0.25) is 0 Å². The van der Waals surface area contributed by atoms with E-state index in [0.29, 0.717) is 11.6 Å². The first-order valence-corrected chi connectivity index (χ1v) is 8.21. The molecule has 1 aromatic heterocycles. The Hall–Kier alpha value is -3.33. The summed E-state index contributed by atoms with van der Waals surface area (Å²) in [5.41, 5.74) is 5.55. The summed E-state index contributed by atoms with van der Waals surface area (Å²) in [6.07, 6.45) is 1.57. The van der Waals surface area contributed by atoms with Gasteiger partial charge < -0.3 is 0 Å². The van der Waals surface area contributed by atoms with Gasteiger partial charge >= 0.3 is 0 Å². The standard InChI is InChI=1S/C22H17N3/c1-16-6-5-9-20(14-16)22-24-15-23-21(25-22)19-12-10-18(11-13-19)17-7-3-2-4-8-17/h2-15H,1H3. The van der Waals surface area contributed by atoms with Gasteiger partial charge in [-0.1, -0.05) is 78.4 Å². The van der Waals surface area contributed by atoms with Crippen LogP contribution in [-0.2, 0) is 0 Å². The fourth-order valence-electron chi connectivity index (χ4n) is 2.80. The van der Waals surface area contributed by atoms with E-state index in [1.807, 2.05) is 30.3 Å². The molecule has 4 aromatic rings. The molecule has 120 valence electrons. The summed E-state index contributed by atoms with van der Waals surface area (Å²) in [4.78, 5) is 13.3. The quantitative estimate of drug-likeness (QED) is 0.521. The van der Waals surface area contributed by atoms with E-state index in [0.717, 1.165) is 11.1 Å². The molecule has 0 radical (unpaired) electrons. The molecule has 0 bridgehead atoms. The summed E-state index contributed by atoms with van der Waals surface area (Å²) in [6, 6.07) is 26.8. The number of aryl methyl sites for hydroxylation is 1. The Bertz CT molecular complexity index is 993. The number of aromatic nitrogens is 3. The van der Waals surface area contributed by atoms with Crippen LogP contribution < -0.4 is 0 Å². The predicted molar refractivity (Wildman–Crippen MR) is 101 cm³/mol. The molecule has 0 N–H and O–H groups in total. The summed E-state index contributed by atoms with van der Waals surface area (Å²) >= 11 is 0. The van der Waals surface area contributed by atoms with Crippen LogP contribution in [0, 0.1) is 6.92 Å². The zero-order chi connectivity index (χ0) is 17.1. The average Bonchev–Trinajstić information content (AvgIpc) is 2.69. The lowest BCUT2D eigenvalue weighted by Gasteiger charge is -2.06. The molecule has 1 heterocycles. The second-order valence-corrected chi connectivity index (χ2v) is 5.95. The van der Waals surface area contributed by atoms with Crippen molar-refractivity contribution in [1.29, 1.82) is 0 Å². The van der Waals surface area contributed by atoms with Gasteiger partial charge in [-0.15, -0.1) is 0 Å². The molecule has 4 rings (SSSR count). The lowest BCUT2D eigenvalue weighted by Crippen LogP contribution is -1.95. The highest BCUT2D eigenvalue weighted by atomic mass is 15.0. The first-order chi connectivity index (χ1) is 12.3. The molecule has 0 aliphatic carbocycles. The van der Waals surface area contributed by atoms with Crippen molar-refractivity contribution in [2.75, 3.05) is 0 Å². The van der Waals surface area contributed by atoms with Crippen molar-refractivity contribution in [3.05, 3.63) is 90.8 Å². The predicted octanol–water partition coefficient (Wildman–Crippen LogP) is 5.18. The molecule has 0 spiro atoms. The van der Waals surface area contributed by atoms with Gasteiger partial charge in [0, 0.05) is 11.1 Å². The van der Waals surface area contributed by atoms with Crippen molar-refractivity contribution < 1.29 is 0 Å². The molecule has 0 saturated carbocycles. The molecule has 0 aliphatic rings. The van der Waals surface area contributed by atoms with Gasteiger partial charge in [-0.3, -0.25) is 0 Å². The zero-order valence-corrected chi connectivity index (χ0v) is 13.9. The van der Waals surface area contributed by atoms with Crippen molar-refractivity contribution >= 4 is 0 Å². The Morgan fingerprint density at radius 2 is 1.16 bits per heavy atom. The van der Waals surface area contributed by atoms with Crippen molar-refractivity contribution in [3.63, 3.8) is 0 Å². The van der Waals surface area contributed by atoms with Gasteiger partial charge in [0.15, 0.2) is 11.6 Å². The van der Waals surface area contributed by atoms with Crippen LogP contribution in [0.3, 0.4) is 0 Å². The molecule has 0 aliphatic heterocycles. The lowest BCUT2D eigenvalue weighted by atomic mass is 10.0. The Morgan fingerprint density at radius 3 is 1.88 bits per heavy atom. The molecular weight excluding hydrogens is 306 g/mol. The SMILES string of the molecule is Cc1cccc(-c2ncnc(-c3ccc(-c4ccccc4)cc3)n2)c1. The smallest absolute Gasteiger partial charge is 0.163 e. The Morgan fingerprint density at radius 1 is 0.560 bits per heavy atom. The summed E-state index contributed by atoms with van der Waals surface area (Å²) < 4.78 is 0. The van der Waals surface area contributed by atoms with Crippen LogP contribution >= 0.6 is 0 Å². The monoisotopic (exact) mass is 323 g/mol. The third-order valence-corrected chi connectivity index (χ3v) is 4.10. The van der Waals surface area contributed by atoms with E-state index in [-0.39, 0.29) is 0 Å². The van der Waals surface area contributed by atoms with Crippen molar-refractivity contribution in [1.82, 2.24) is 15.0 Å². The topological polar surface area (TPSA) is 38.7 Å². The molecule has 3 nitrogen and oxygen atoms in total. The number of hydrogen-bond donors (Lipinski definition) is 0. The fraction of sp³-hybridized carbons (Fsp3) is 0.0455. The lowest BCUT2D eigenvalue weighted by molar-refractivity contribution is 1.06. The second kappa shape index (κ2) is 6.65. The minimum absolute atomic E-state index is 0.686. The minimum atomic E-state index is 0.686. The van der Waals surface area contributed by atoms with Crippen LogP contribution in [-0.4, -0.2) is 15.0 Å². The minimum Gasteiger partial charge on any atom is -0.217 e. The summed E-state index contributed by atoms with van der Waals surface area (Å²) in [7, 11) is 0. The highest BCUT2D eigenvalue weighted by Crippen LogP contribution is 2.24. The molecule has 3 aromatic carbocycles. The van der Waals surface area contributed by atoms with Crippen LogP contribution in [0.25, 0.3) is 33.9 Å². The van der Waals surface area contributed by atoms with Crippen molar-refractivity contribution in [3.8, 4) is 33.9 Å². The zero-order valence-electron chi connectivity index (χ0n) is 13.9. The average molecular weight is 323 g/mol. The largest absolute Gasteiger partial charge is 0.217 e. The highest BCUT2D eigenvalue weighted by Gasteiger charge is 2.07. The van der Waals surface area contributed by atoms with E-state index >= 15 is 0 Å². The van der Waals surface area contributed by atoms with Gasteiger partial charge in [0.05, 0.1) is 0 Å². The first-order valence-electron chi connectivity index (χ1n) is 8.21. The van der Waals surface area contributed by atoms with E-state index < -0.39 is 0 Å². The van der Waals surface area contributed by atoms with Crippen LogP contribution in [0.1, 0.15) is 5.56 Å². The maximum Gasteiger partial charge on any atom is 0.163 e. The van der Waals surface area contributed by atoms with E-state index in [1.54, 1.807) is 6.33 Å². The van der Waals surface area contributed by atoms with Gasteiger partial charge in [0.25, 0.3) is 0 Å². The Labute approximate surface area is 147 Å². The van der Waals surface area contributed by atoms with Gasteiger partial charge in [-0.25, -0.2) is 15.0 Å². The molecule has 0 unspecified atom stereocenters. The number of hydrogen-bond acceptors (Lipinski definition) is 3. The van der Waals surface area contributed by atoms with E-state index in [1.165, 1.54) is 16.7 Å². The van der Waals surface area contributed by atoms with Crippen LogP contribution in [0.15, 0.2) is 85.2 Å². The van der Waals surface area contributed by atoms with Gasteiger partial charge in [0.2, 0.25) is 0 Å². The maximum atomic E-state index is 4.63. The van der Waals surface area contributed by atoms with E-state index in [4.69, 9.17) is 0 Å². The molecule has 0 amide bonds. The second-order valence-electron chi connectivity index (χ2n) is 5.95. The summed E-state index contributed by atoms with van der Waals surface area (Å²) in [5.74, 6) is 1.38. The van der Waals surface area contributed by atoms with E-state index in [2.05, 4.69) is 70.4 Å². The maximum absolute atomic E-state index is 4.63. The van der Waals surface area contributed by atoms with Crippen LogP contribution in [0.4, 0.5) is 0 Å². The summed E-state index contributed by atoms with van der Waals surface area (Å²) in [5, 5.41) is 0. The van der Waals surface area contributed by atoms with E-state index in [9.17, 15) is 0 Å². The van der Waals surface area contributed by atoms with Gasteiger partial charge in [-0.2, -0.15) is 0 Å². The third-order valence-electron chi connectivity index (χ3n) is 4.10. The third kappa shape index (κ3) is 3.31. The number of benzene rings is 3. The van der Waals surface area contributed by atoms with Crippen molar-refractivity contribution in [2.24, 2.45) is 0 Å². The molecule has 0 saturated heterocycles. The normalized spacial score (nSPS) is 10.6. The molecule has 0 fully saturated rings. The molecule has 3 heteroatoms. The Kier molecular flexibility index (Phi) is 4.05. The van der Waals surface area contributed by atoms with Gasteiger partial charge in [0.1, 0.15) is 6.33 Å². The molecule has 25 heavy (non-hydrogen) atoms. The number of rotatable bonds is 3.